The number of hydrogen-bond acceptors (Lipinski definition) is 5. The maximum Gasteiger partial charge on any atom is 0.269 e. The van der Waals surface area contributed by atoms with Crippen LogP contribution in [0, 0.1) is 0 Å². The van der Waals surface area contributed by atoms with Gasteiger partial charge in [-0.3, -0.25) is 4.79 Å². The van der Waals surface area contributed by atoms with Crippen molar-refractivity contribution in [2.75, 3.05) is 26.0 Å². The van der Waals surface area contributed by atoms with Crippen LogP contribution in [0.5, 0.6) is 5.75 Å². The van der Waals surface area contributed by atoms with E-state index in [2.05, 4.69) is 10.3 Å². The molecule has 2 aromatic carbocycles. The second-order valence-corrected chi connectivity index (χ2v) is 9.27. The van der Waals surface area contributed by atoms with Gasteiger partial charge in [-0.05, 0) is 41.8 Å². The Morgan fingerprint density at radius 2 is 1.97 bits per heavy atom. The molecule has 0 saturated heterocycles. The first-order chi connectivity index (χ1) is 14.5. The summed E-state index contributed by atoms with van der Waals surface area (Å²) in [6, 6.07) is 16.7. The normalized spacial score (nSPS) is 14.3. The Bertz CT molecular complexity index is 1190. The highest BCUT2D eigenvalue weighted by Crippen LogP contribution is 2.25. The van der Waals surface area contributed by atoms with E-state index < -0.39 is 10.0 Å². The summed E-state index contributed by atoms with van der Waals surface area (Å²) in [4.78, 5) is 16.7. The van der Waals surface area contributed by atoms with Crippen LogP contribution >= 0.6 is 0 Å². The fourth-order valence-corrected chi connectivity index (χ4v) is 4.90. The lowest BCUT2D eigenvalue weighted by Crippen LogP contribution is -2.40. The van der Waals surface area contributed by atoms with Crippen LogP contribution in [-0.4, -0.2) is 49.6 Å². The fraction of sp³-hybridized carbons (Fsp3) is 0.273. The van der Waals surface area contributed by atoms with Crippen molar-refractivity contribution < 1.29 is 17.9 Å². The van der Waals surface area contributed by atoms with Crippen molar-refractivity contribution in [1.29, 1.82) is 0 Å². The highest BCUT2D eigenvalue weighted by atomic mass is 32.2. The van der Waals surface area contributed by atoms with Crippen molar-refractivity contribution in [3.63, 3.8) is 0 Å². The number of carbonyl (C=O) groups excluding carboxylic acids is 1. The van der Waals surface area contributed by atoms with Gasteiger partial charge in [-0.25, -0.2) is 13.4 Å². The average Bonchev–Trinajstić information content (AvgIpc) is 2.77. The molecule has 0 fully saturated rings. The summed E-state index contributed by atoms with van der Waals surface area (Å²) in [7, 11) is -1.87. The van der Waals surface area contributed by atoms with Crippen molar-refractivity contribution in [2.24, 2.45) is 0 Å². The predicted octanol–water partition coefficient (Wildman–Crippen LogP) is 2.36. The third kappa shape index (κ3) is 4.29. The predicted molar refractivity (Wildman–Crippen MR) is 115 cm³/mol. The van der Waals surface area contributed by atoms with Gasteiger partial charge >= 0.3 is 0 Å². The molecule has 1 aliphatic rings. The van der Waals surface area contributed by atoms with Crippen LogP contribution in [0.1, 0.15) is 21.6 Å². The third-order valence-electron chi connectivity index (χ3n) is 5.26. The Kier molecular flexibility index (Phi) is 5.69. The van der Waals surface area contributed by atoms with Gasteiger partial charge in [0, 0.05) is 25.0 Å². The van der Waals surface area contributed by atoms with E-state index in [1.165, 1.54) is 4.31 Å². The largest absolute Gasteiger partial charge is 0.497 e. The molecule has 0 aliphatic carbocycles. The Labute approximate surface area is 175 Å². The van der Waals surface area contributed by atoms with Crippen molar-refractivity contribution in [1.82, 2.24) is 14.6 Å². The summed E-state index contributed by atoms with van der Waals surface area (Å²) >= 11 is 0. The number of pyridine rings is 1. The van der Waals surface area contributed by atoms with Crippen LogP contribution in [0.25, 0.3) is 10.9 Å². The van der Waals surface area contributed by atoms with E-state index in [4.69, 9.17) is 4.74 Å². The zero-order chi connectivity index (χ0) is 21.1. The minimum Gasteiger partial charge on any atom is -0.497 e. The topological polar surface area (TPSA) is 88.6 Å². The van der Waals surface area contributed by atoms with Crippen molar-refractivity contribution in [3.8, 4) is 5.75 Å². The van der Waals surface area contributed by atoms with E-state index in [1.54, 1.807) is 13.2 Å². The van der Waals surface area contributed by atoms with Crippen LogP contribution in [-0.2, 0) is 23.0 Å². The molecule has 156 valence electrons. The number of hydrogen-bond donors (Lipinski definition) is 1. The minimum atomic E-state index is -3.49. The number of amides is 1. The number of nitrogens with zero attached hydrogens (tertiary/aromatic N) is 2. The van der Waals surface area contributed by atoms with Crippen molar-refractivity contribution in [2.45, 2.75) is 13.0 Å². The molecular weight excluding hydrogens is 402 g/mol. The van der Waals surface area contributed by atoms with Crippen molar-refractivity contribution >= 4 is 26.8 Å². The van der Waals surface area contributed by atoms with E-state index in [9.17, 15) is 13.2 Å². The standard InChI is InChI=1S/C22H23N3O4S/c1-29-19-8-6-18-15-25(12-10-17(18)14-19)30(27,28)13-11-23-22(26)21-9-7-16-4-2-3-5-20(16)24-21/h2-9,14H,10-13,15H2,1H3,(H,23,26). The first kappa shape index (κ1) is 20.3. The van der Waals surface area contributed by atoms with Gasteiger partial charge in [0.1, 0.15) is 11.4 Å². The Hall–Kier alpha value is -2.97. The average molecular weight is 426 g/mol. The number of carbonyl (C=O) groups is 1. The number of methoxy groups -OCH3 is 1. The maximum atomic E-state index is 12.7. The number of sulfonamides is 1. The van der Waals surface area contributed by atoms with Gasteiger partial charge in [-0.15, -0.1) is 0 Å². The smallest absolute Gasteiger partial charge is 0.269 e. The molecule has 7 nitrogen and oxygen atoms in total. The summed E-state index contributed by atoms with van der Waals surface area (Å²) in [6.07, 6.45) is 0.638. The molecule has 0 unspecified atom stereocenters. The SMILES string of the molecule is COc1ccc2c(c1)CCN(S(=O)(=O)CCNC(=O)c1ccc3ccccc3n1)C2. The van der Waals surface area contributed by atoms with Crippen LogP contribution in [0.15, 0.2) is 54.6 Å². The molecule has 0 bridgehead atoms. The van der Waals surface area contributed by atoms with Crippen LogP contribution in [0.2, 0.25) is 0 Å². The molecule has 4 rings (SSSR count). The van der Waals surface area contributed by atoms with Gasteiger partial charge in [-0.1, -0.05) is 30.3 Å². The van der Waals surface area contributed by atoms with Crippen LogP contribution < -0.4 is 10.1 Å². The molecule has 1 aromatic heterocycles. The summed E-state index contributed by atoms with van der Waals surface area (Å²) in [5, 5.41) is 3.61. The number of benzene rings is 2. The minimum absolute atomic E-state index is 0.0294. The number of para-hydroxylation sites is 1. The van der Waals surface area contributed by atoms with Gasteiger partial charge in [0.2, 0.25) is 10.0 Å². The molecule has 0 saturated carbocycles. The van der Waals surface area contributed by atoms with E-state index in [1.807, 2.05) is 48.5 Å². The highest BCUT2D eigenvalue weighted by Gasteiger charge is 2.26. The molecule has 3 aromatic rings. The van der Waals surface area contributed by atoms with Gasteiger partial charge < -0.3 is 10.1 Å². The molecule has 1 amide bonds. The lowest BCUT2D eigenvalue weighted by Gasteiger charge is -2.28. The number of rotatable bonds is 6. The highest BCUT2D eigenvalue weighted by molar-refractivity contribution is 7.89. The van der Waals surface area contributed by atoms with E-state index >= 15 is 0 Å². The molecular formula is C22H23N3O4S. The van der Waals surface area contributed by atoms with Crippen molar-refractivity contribution in [3.05, 3.63) is 71.4 Å². The fourth-order valence-electron chi connectivity index (χ4n) is 3.57. The molecule has 0 atom stereocenters. The molecule has 30 heavy (non-hydrogen) atoms. The number of fused-ring (bicyclic) bond motifs is 2. The molecule has 8 heteroatoms. The van der Waals surface area contributed by atoms with Gasteiger partial charge in [-0.2, -0.15) is 4.31 Å². The first-order valence-electron chi connectivity index (χ1n) is 9.74. The first-order valence-corrected chi connectivity index (χ1v) is 11.3. The maximum absolute atomic E-state index is 12.7. The summed E-state index contributed by atoms with van der Waals surface area (Å²) in [5.74, 6) is 0.236. The van der Waals surface area contributed by atoms with E-state index in [0.29, 0.717) is 19.5 Å². The molecule has 0 spiro atoms. The molecule has 2 heterocycles. The number of nitrogens with one attached hydrogen (secondary N) is 1. The van der Waals surface area contributed by atoms with E-state index in [-0.39, 0.29) is 23.9 Å². The van der Waals surface area contributed by atoms with Crippen LogP contribution in [0.4, 0.5) is 0 Å². The number of ether oxygens (including phenoxy) is 1. The monoisotopic (exact) mass is 425 g/mol. The Morgan fingerprint density at radius 3 is 2.80 bits per heavy atom. The Morgan fingerprint density at radius 1 is 1.13 bits per heavy atom. The van der Waals surface area contributed by atoms with Gasteiger partial charge in [0.25, 0.3) is 5.91 Å². The third-order valence-corrected chi connectivity index (χ3v) is 7.08. The lowest BCUT2D eigenvalue weighted by atomic mass is 10.0. The second kappa shape index (κ2) is 8.41. The summed E-state index contributed by atoms with van der Waals surface area (Å²) < 4.78 is 32.2. The Balaban J connectivity index is 1.36. The number of aromatic nitrogens is 1. The molecule has 0 radical (unpaired) electrons. The van der Waals surface area contributed by atoms with Gasteiger partial charge in [0.15, 0.2) is 0 Å². The van der Waals surface area contributed by atoms with Gasteiger partial charge in [0.05, 0.1) is 18.4 Å². The summed E-state index contributed by atoms with van der Waals surface area (Å²) in [6.45, 7) is 0.784. The van der Waals surface area contributed by atoms with E-state index in [0.717, 1.165) is 27.8 Å². The summed E-state index contributed by atoms with van der Waals surface area (Å²) in [5.41, 5.74) is 3.08. The second-order valence-electron chi connectivity index (χ2n) is 7.18. The zero-order valence-electron chi connectivity index (χ0n) is 16.7. The van der Waals surface area contributed by atoms with Crippen LogP contribution in [0.3, 0.4) is 0 Å². The molecule has 1 aliphatic heterocycles. The quantitative estimate of drug-likeness (QED) is 0.655. The molecule has 1 N–H and O–H groups in total. The lowest BCUT2D eigenvalue weighted by molar-refractivity contribution is 0.0951. The zero-order valence-corrected chi connectivity index (χ0v) is 17.5.